The quantitative estimate of drug-likeness (QED) is 0.739. The molecule has 0 bridgehead atoms. The van der Waals surface area contributed by atoms with Gasteiger partial charge in [0.1, 0.15) is 0 Å². The lowest BCUT2D eigenvalue weighted by Crippen LogP contribution is -2.32. The Morgan fingerprint density at radius 2 is 1.21 bits per heavy atom. The van der Waals surface area contributed by atoms with Crippen molar-refractivity contribution in [1.82, 2.24) is 0 Å². The predicted octanol–water partition coefficient (Wildman–Crippen LogP) is 2.33. The third kappa shape index (κ3) is 5.83. The van der Waals surface area contributed by atoms with Gasteiger partial charge in [0.15, 0.2) is 0 Å². The van der Waals surface area contributed by atoms with E-state index in [1.165, 1.54) is 0 Å². The average Bonchev–Trinajstić information content (AvgIpc) is 2.51. The van der Waals surface area contributed by atoms with Crippen molar-refractivity contribution in [3.63, 3.8) is 0 Å². The number of aliphatic hydroxyl groups excluding tert-OH is 3. The van der Waals surface area contributed by atoms with Crippen LogP contribution in [0.3, 0.4) is 0 Å². The maximum absolute atomic E-state index is 8.66. The predicted molar refractivity (Wildman–Crippen MR) is 80.6 cm³/mol. The molecular weight excluding hydrogens is 240 g/mol. The summed E-state index contributed by atoms with van der Waals surface area (Å²) in [5.41, 5.74) is 1.62. The van der Waals surface area contributed by atoms with Crippen molar-refractivity contribution in [2.75, 3.05) is 19.8 Å². The molecule has 0 saturated carbocycles. The van der Waals surface area contributed by atoms with Crippen molar-refractivity contribution in [3.05, 3.63) is 48.6 Å². The summed E-state index contributed by atoms with van der Waals surface area (Å²) in [5.74, 6) is 0. The molecule has 0 saturated heterocycles. The second-order valence-electron chi connectivity index (χ2n) is 4.40. The van der Waals surface area contributed by atoms with Crippen LogP contribution in [0.5, 0.6) is 0 Å². The van der Waals surface area contributed by atoms with Gasteiger partial charge in [-0.15, -0.1) is 0 Å². The second kappa shape index (κ2) is 9.50. The lowest BCUT2D eigenvalue weighted by atomic mass is 9.88. The van der Waals surface area contributed by atoms with Gasteiger partial charge in [-0.05, 0) is 17.5 Å². The lowest BCUT2D eigenvalue weighted by molar-refractivity contribution is 0.00304. The molecule has 0 aliphatic carbocycles. The van der Waals surface area contributed by atoms with Gasteiger partial charge >= 0.3 is 0 Å². The van der Waals surface area contributed by atoms with Crippen molar-refractivity contribution in [3.8, 4) is 0 Å². The van der Waals surface area contributed by atoms with Gasteiger partial charge in [-0.1, -0.05) is 56.5 Å². The molecule has 0 spiro atoms. The summed E-state index contributed by atoms with van der Waals surface area (Å²) in [4.78, 5) is 0. The molecule has 0 aliphatic heterocycles. The summed E-state index contributed by atoms with van der Waals surface area (Å²) in [5, 5.41) is 26.0. The molecule has 19 heavy (non-hydrogen) atoms. The van der Waals surface area contributed by atoms with E-state index < -0.39 is 5.41 Å². The number of hydrogen-bond donors (Lipinski definition) is 3. The van der Waals surface area contributed by atoms with E-state index in [0.717, 1.165) is 11.1 Å². The first-order chi connectivity index (χ1) is 9.11. The van der Waals surface area contributed by atoms with Gasteiger partial charge in [0, 0.05) is 5.41 Å². The Hall–Kier alpha value is -1.42. The van der Waals surface area contributed by atoms with Gasteiger partial charge < -0.3 is 15.3 Å². The summed E-state index contributed by atoms with van der Waals surface area (Å²) in [6.45, 7) is 8.67. The van der Waals surface area contributed by atoms with Crippen molar-refractivity contribution in [2.24, 2.45) is 5.41 Å². The lowest BCUT2D eigenvalue weighted by Gasteiger charge is -2.24. The number of rotatable bonds is 6. The molecule has 0 aliphatic rings. The van der Waals surface area contributed by atoms with Crippen molar-refractivity contribution < 1.29 is 15.3 Å². The molecule has 0 heterocycles. The molecule has 0 fully saturated rings. The number of benzene rings is 1. The first kappa shape index (κ1) is 17.6. The minimum atomic E-state index is -0.667. The van der Waals surface area contributed by atoms with Gasteiger partial charge in [-0.2, -0.15) is 0 Å². The molecule has 0 aromatic heterocycles. The van der Waals surface area contributed by atoms with Crippen molar-refractivity contribution >= 4 is 12.2 Å². The molecule has 106 valence electrons. The average molecular weight is 264 g/mol. The van der Waals surface area contributed by atoms with E-state index in [2.05, 4.69) is 13.2 Å². The van der Waals surface area contributed by atoms with Crippen LogP contribution in [0.1, 0.15) is 24.5 Å². The molecule has 3 N–H and O–H groups in total. The van der Waals surface area contributed by atoms with Gasteiger partial charge in [-0.3, -0.25) is 0 Å². The van der Waals surface area contributed by atoms with Gasteiger partial charge in [0.2, 0.25) is 0 Å². The van der Waals surface area contributed by atoms with Crippen LogP contribution in [0.4, 0.5) is 0 Å². The highest BCUT2D eigenvalue weighted by atomic mass is 16.3. The largest absolute Gasteiger partial charge is 0.396 e. The molecule has 1 aromatic carbocycles. The van der Waals surface area contributed by atoms with E-state index in [9.17, 15) is 0 Å². The van der Waals surface area contributed by atoms with E-state index in [4.69, 9.17) is 15.3 Å². The first-order valence-electron chi connectivity index (χ1n) is 6.29. The highest BCUT2D eigenvalue weighted by Crippen LogP contribution is 2.18. The van der Waals surface area contributed by atoms with Crippen LogP contribution < -0.4 is 0 Å². The zero-order valence-electron chi connectivity index (χ0n) is 11.5. The molecule has 3 nitrogen and oxygen atoms in total. The van der Waals surface area contributed by atoms with Crippen LogP contribution in [0.25, 0.3) is 12.2 Å². The Morgan fingerprint density at radius 3 is 1.32 bits per heavy atom. The van der Waals surface area contributed by atoms with Crippen LogP contribution >= 0.6 is 0 Å². The maximum atomic E-state index is 8.66. The minimum absolute atomic E-state index is 0.156. The molecule has 3 heteroatoms. The topological polar surface area (TPSA) is 60.7 Å². The summed E-state index contributed by atoms with van der Waals surface area (Å²) in [6, 6.07) is 8.07. The Morgan fingerprint density at radius 1 is 0.895 bits per heavy atom. The highest BCUT2D eigenvalue weighted by molar-refractivity contribution is 5.53. The number of hydrogen-bond acceptors (Lipinski definition) is 3. The normalized spacial score (nSPS) is 10.3. The van der Waals surface area contributed by atoms with Gasteiger partial charge in [0.25, 0.3) is 0 Å². The zero-order chi connectivity index (χ0) is 14.7. The zero-order valence-corrected chi connectivity index (χ0v) is 11.5. The van der Waals surface area contributed by atoms with E-state index in [1.807, 2.05) is 43.3 Å². The molecule has 0 unspecified atom stereocenters. The molecule has 0 atom stereocenters. The van der Waals surface area contributed by atoms with Crippen molar-refractivity contribution in [1.29, 1.82) is 0 Å². The third-order valence-corrected chi connectivity index (χ3v) is 3.16. The first-order valence-corrected chi connectivity index (χ1v) is 6.29. The van der Waals surface area contributed by atoms with E-state index >= 15 is 0 Å². The van der Waals surface area contributed by atoms with E-state index in [0.29, 0.717) is 6.42 Å². The fourth-order valence-electron chi connectivity index (χ4n) is 1.25. The van der Waals surface area contributed by atoms with E-state index in [1.54, 1.807) is 0 Å². The Labute approximate surface area is 115 Å². The monoisotopic (exact) mass is 264 g/mol. The molecular formula is C16H24O3. The standard InChI is InChI=1S/C10H10.C6H14O3/c1-3-9-5-7-10(4-2)8-6-9;1-2-6(3-7,4-8)5-9/h3-8H,1-2H2;7-9H,2-5H2,1H3. The Bertz CT molecular complexity index is 320. The fourth-order valence-corrected chi connectivity index (χ4v) is 1.25. The van der Waals surface area contributed by atoms with Gasteiger partial charge in [-0.25, -0.2) is 0 Å². The molecule has 0 amide bonds. The maximum Gasteiger partial charge on any atom is 0.0531 e. The summed E-state index contributed by atoms with van der Waals surface area (Å²) >= 11 is 0. The smallest absolute Gasteiger partial charge is 0.0531 e. The van der Waals surface area contributed by atoms with Crippen LogP contribution in [-0.2, 0) is 0 Å². The summed E-state index contributed by atoms with van der Waals surface area (Å²) in [7, 11) is 0. The van der Waals surface area contributed by atoms with E-state index in [-0.39, 0.29) is 19.8 Å². The van der Waals surface area contributed by atoms with Gasteiger partial charge in [0.05, 0.1) is 19.8 Å². The Kier molecular flexibility index (Phi) is 8.79. The second-order valence-corrected chi connectivity index (χ2v) is 4.40. The third-order valence-electron chi connectivity index (χ3n) is 3.16. The molecule has 1 rings (SSSR count). The highest BCUT2D eigenvalue weighted by Gasteiger charge is 2.24. The van der Waals surface area contributed by atoms with Crippen LogP contribution in [0.2, 0.25) is 0 Å². The van der Waals surface area contributed by atoms with Crippen LogP contribution in [0, 0.1) is 5.41 Å². The fraction of sp³-hybridized carbons (Fsp3) is 0.375. The molecule has 0 radical (unpaired) electrons. The summed E-state index contributed by atoms with van der Waals surface area (Å²) < 4.78 is 0. The summed E-state index contributed by atoms with van der Waals surface area (Å²) in [6.07, 6.45) is 4.25. The Balaban J connectivity index is 0.000000344. The minimum Gasteiger partial charge on any atom is -0.396 e. The van der Waals surface area contributed by atoms with Crippen molar-refractivity contribution in [2.45, 2.75) is 13.3 Å². The molecule has 1 aromatic rings. The SMILES string of the molecule is C=Cc1ccc(C=C)cc1.CCC(CO)(CO)CO. The van der Waals surface area contributed by atoms with Crippen LogP contribution in [0.15, 0.2) is 37.4 Å². The number of aliphatic hydroxyl groups is 3. The van der Waals surface area contributed by atoms with Crippen LogP contribution in [-0.4, -0.2) is 35.1 Å².